The van der Waals surface area contributed by atoms with Crippen molar-refractivity contribution in [3.05, 3.63) is 70.0 Å². The van der Waals surface area contributed by atoms with Gasteiger partial charge in [0.05, 0.1) is 12.2 Å². The lowest BCUT2D eigenvalue weighted by molar-refractivity contribution is -0.0704. The highest BCUT2D eigenvalue weighted by molar-refractivity contribution is 6.31. The summed E-state index contributed by atoms with van der Waals surface area (Å²) in [6, 6.07) is 13.3. The van der Waals surface area contributed by atoms with Gasteiger partial charge in [0.15, 0.2) is 0 Å². The molecular formula is C21H26ClFN2O. The third-order valence-electron chi connectivity index (χ3n) is 4.62. The fourth-order valence-electron chi connectivity index (χ4n) is 3.47. The van der Waals surface area contributed by atoms with Crippen molar-refractivity contribution in [1.82, 2.24) is 10.2 Å². The normalized spacial score (nSPS) is 21.1. The van der Waals surface area contributed by atoms with Crippen molar-refractivity contribution in [3.63, 3.8) is 0 Å². The van der Waals surface area contributed by atoms with E-state index in [0.717, 1.165) is 19.6 Å². The Labute approximate surface area is 160 Å². The van der Waals surface area contributed by atoms with E-state index in [1.807, 2.05) is 0 Å². The molecule has 3 rings (SSSR count). The molecule has 0 radical (unpaired) electrons. The molecule has 1 aliphatic rings. The van der Waals surface area contributed by atoms with Crippen LogP contribution in [0.5, 0.6) is 0 Å². The SMILES string of the molecule is C[C@H]1CN(Cc2ccc(CNCc3c(F)cccc3Cl)cc2)C[C@H](C)O1. The third-order valence-corrected chi connectivity index (χ3v) is 4.97. The first-order valence-corrected chi connectivity index (χ1v) is 9.48. The molecule has 5 heteroatoms. The third kappa shape index (κ3) is 5.27. The highest BCUT2D eigenvalue weighted by Crippen LogP contribution is 2.19. The molecule has 0 saturated carbocycles. The summed E-state index contributed by atoms with van der Waals surface area (Å²) in [5, 5.41) is 3.72. The van der Waals surface area contributed by atoms with Crippen LogP contribution in [0.4, 0.5) is 4.39 Å². The van der Waals surface area contributed by atoms with Crippen molar-refractivity contribution in [1.29, 1.82) is 0 Å². The maximum absolute atomic E-state index is 13.8. The largest absolute Gasteiger partial charge is 0.373 e. The standard InChI is InChI=1S/C21H26ClFN2O/c1-15-12-25(13-16(2)26-15)14-18-8-6-17(7-9-18)10-24-11-19-20(22)4-3-5-21(19)23/h3-9,15-16,24H,10-14H2,1-2H3/t15-,16-/m0/s1. The highest BCUT2D eigenvalue weighted by atomic mass is 35.5. The molecule has 26 heavy (non-hydrogen) atoms. The smallest absolute Gasteiger partial charge is 0.129 e. The molecular weight excluding hydrogens is 351 g/mol. The minimum absolute atomic E-state index is 0.269. The van der Waals surface area contributed by atoms with Crippen LogP contribution >= 0.6 is 11.6 Å². The van der Waals surface area contributed by atoms with Gasteiger partial charge < -0.3 is 10.1 Å². The maximum atomic E-state index is 13.8. The molecule has 2 aromatic carbocycles. The zero-order valence-corrected chi connectivity index (χ0v) is 16.1. The van der Waals surface area contributed by atoms with Gasteiger partial charge in [-0.05, 0) is 37.1 Å². The van der Waals surface area contributed by atoms with E-state index in [-0.39, 0.29) is 18.0 Å². The Morgan fingerprint density at radius 2 is 1.69 bits per heavy atom. The predicted molar refractivity (Wildman–Crippen MR) is 104 cm³/mol. The second-order valence-electron chi connectivity index (χ2n) is 7.07. The fraction of sp³-hybridized carbons (Fsp3) is 0.429. The van der Waals surface area contributed by atoms with E-state index in [1.165, 1.54) is 17.2 Å². The van der Waals surface area contributed by atoms with E-state index >= 15 is 0 Å². The zero-order chi connectivity index (χ0) is 18.5. The molecule has 0 aromatic heterocycles. The Bertz CT molecular complexity index is 692. The molecule has 2 atom stereocenters. The Morgan fingerprint density at radius 1 is 1.04 bits per heavy atom. The molecule has 0 unspecified atom stereocenters. The molecule has 2 aromatic rings. The monoisotopic (exact) mass is 376 g/mol. The molecule has 1 N–H and O–H groups in total. The molecule has 0 amide bonds. The zero-order valence-electron chi connectivity index (χ0n) is 15.3. The van der Waals surface area contributed by atoms with E-state index in [9.17, 15) is 4.39 Å². The fourth-order valence-corrected chi connectivity index (χ4v) is 3.70. The van der Waals surface area contributed by atoms with Crippen LogP contribution in [0.1, 0.15) is 30.5 Å². The average molecular weight is 377 g/mol. The number of hydrogen-bond donors (Lipinski definition) is 1. The molecule has 1 aliphatic heterocycles. The number of ether oxygens (including phenoxy) is 1. The number of rotatable bonds is 6. The predicted octanol–water partition coefficient (Wildman–Crippen LogP) is 4.38. The summed E-state index contributed by atoms with van der Waals surface area (Å²) >= 11 is 6.05. The number of nitrogens with one attached hydrogen (secondary N) is 1. The van der Waals surface area contributed by atoms with Gasteiger partial charge in [0.1, 0.15) is 5.82 Å². The number of nitrogens with zero attached hydrogens (tertiary/aromatic N) is 1. The molecule has 0 aliphatic carbocycles. The van der Waals surface area contributed by atoms with Gasteiger partial charge in [0.2, 0.25) is 0 Å². The van der Waals surface area contributed by atoms with Crippen molar-refractivity contribution in [2.75, 3.05) is 13.1 Å². The lowest BCUT2D eigenvalue weighted by atomic mass is 10.1. The summed E-state index contributed by atoms with van der Waals surface area (Å²) in [5.41, 5.74) is 2.98. The first-order chi connectivity index (χ1) is 12.5. The van der Waals surface area contributed by atoms with Crippen LogP contribution in [0.2, 0.25) is 5.02 Å². The van der Waals surface area contributed by atoms with E-state index in [2.05, 4.69) is 48.3 Å². The van der Waals surface area contributed by atoms with Crippen LogP contribution in [0.3, 0.4) is 0 Å². The van der Waals surface area contributed by atoms with Gasteiger partial charge in [-0.2, -0.15) is 0 Å². The summed E-state index contributed by atoms with van der Waals surface area (Å²) in [6.07, 6.45) is 0.569. The number of hydrogen-bond acceptors (Lipinski definition) is 3. The minimum Gasteiger partial charge on any atom is -0.373 e. The first-order valence-electron chi connectivity index (χ1n) is 9.10. The maximum Gasteiger partial charge on any atom is 0.129 e. The van der Waals surface area contributed by atoms with Crippen LogP contribution in [0.25, 0.3) is 0 Å². The Hall–Kier alpha value is -1.46. The second-order valence-corrected chi connectivity index (χ2v) is 7.48. The van der Waals surface area contributed by atoms with Gasteiger partial charge in [-0.15, -0.1) is 0 Å². The van der Waals surface area contributed by atoms with Crippen LogP contribution in [0, 0.1) is 5.82 Å². The van der Waals surface area contributed by atoms with Gasteiger partial charge in [-0.1, -0.05) is 41.9 Å². The van der Waals surface area contributed by atoms with Crippen molar-refractivity contribution in [2.24, 2.45) is 0 Å². The molecule has 1 fully saturated rings. The van der Waals surface area contributed by atoms with Gasteiger partial charge in [-0.25, -0.2) is 4.39 Å². The Balaban J connectivity index is 1.50. The lowest BCUT2D eigenvalue weighted by Crippen LogP contribution is -2.44. The van der Waals surface area contributed by atoms with Crippen LogP contribution < -0.4 is 5.32 Å². The molecule has 140 valence electrons. The van der Waals surface area contributed by atoms with Crippen LogP contribution in [-0.4, -0.2) is 30.2 Å². The van der Waals surface area contributed by atoms with Gasteiger partial charge in [0.25, 0.3) is 0 Å². The van der Waals surface area contributed by atoms with Crippen molar-refractivity contribution < 1.29 is 9.13 Å². The summed E-state index contributed by atoms with van der Waals surface area (Å²) in [4.78, 5) is 2.44. The second kappa shape index (κ2) is 8.96. The van der Waals surface area contributed by atoms with Crippen molar-refractivity contribution >= 4 is 11.6 Å². The summed E-state index contributed by atoms with van der Waals surface area (Å²) in [6.45, 7) is 8.22. The van der Waals surface area contributed by atoms with Crippen molar-refractivity contribution in [3.8, 4) is 0 Å². The topological polar surface area (TPSA) is 24.5 Å². The number of halogens is 2. The van der Waals surface area contributed by atoms with Gasteiger partial charge in [-0.3, -0.25) is 4.90 Å². The molecule has 0 bridgehead atoms. The van der Waals surface area contributed by atoms with E-state index < -0.39 is 0 Å². The quantitative estimate of drug-likeness (QED) is 0.809. The van der Waals surface area contributed by atoms with E-state index in [4.69, 9.17) is 16.3 Å². The molecule has 1 heterocycles. The average Bonchev–Trinajstić information content (AvgIpc) is 2.58. The summed E-state index contributed by atoms with van der Waals surface area (Å²) in [5.74, 6) is -0.269. The van der Waals surface area contributed by atoms with E-state index in [0.29, 0.717) is 23.7 Å². The minimum atomic E-state index is -0.269. The molecule has 1 saturated heterocycles. The Morgan fingerprint density at radius 3 is 2.35 bits per heavy atom. The highest BCUT2D eigenvalue weighted by Gasteiger charge is 2.21. The Kier molecular flexibility index (Phi) is 6.65. The summed E-state index contributed by atoms with van der Waals surface area (Å²) < 4.78 is 19.6. The lowest BCUT2D eigenvalue weighted by Gasteiger charge is -2.35. The summed E-state index contributed by atoms with van der Waals surface area (Å²) in [7, 11) is 0. The van der Waals surface area contributed by atoms with Gasteiger partial charge in [0, 0.05) is 43.3 Å². The van der Waals surface area contributed by atoms with Crippen LogP contribution in [0.15, 0.2) is 42.5 Å². The van der Waals surface area contributed by atoms with Gasteiger partial charge >= 0.3 is 0 Å². The first kappa shape index (κ1) is 19.3. The molecule has 0 spiro atoms. The van der Waals surface area contributed by atoms with E-state index in [1.54, 1.807) is 12.1 Å². The number of benzene rings is 2. The molecule has 3 nitrogen and oxygen atoms in total. The van der Waals surface area contributed by atoms with Crippen molar-refractivity contribution in [2.45, 2.75) is 45.7 Å². The number of morpholine rings is 1. The van der Waals surface area contributed by atoms with Crippen LogP contribution in [-0.2, 0) is 24.4 Å².